The number of sulfone groups is 1. The lowest BCUT2D eigenvalue weighted by Gasteiger charge is -2.10. The van der Waals surface area contributed by atoms with E-state index in [1.807, 2.05) is 20.0 Å². The number of pyridine rings is 1. The van der Waals surface area contributed by atoms with E-state index in [1.54, 1.807) is 16.8 Å². The van der Waals surface area contributed by atoms with Crippen molar-refractivity contribution in [1.29, 1.82) is 0 Å². The number of anilines is 1. The first-order chi connectivity index (χ1) is 12.7. The predicted octanol–water partition coefficient (Wildman–Crippen LogP) is 2.81. The van der Waals surface area contributed by atoms with Gasteiger partial charge in [-0.1, -0.05) is 6.07 Å². The molecule has 0 radical (unpaired) electrons. The molecule has 3 aromatic rings. The molecule has 8 heteroatoms. The van der Waals surface area contributed by atoms with Gasteiger partial charge in [-0.15, -0.1) is 0 Å². The van der Waals surface area contributed by atoms with Crippen molar-refractivity contribution in [1.82, 2.24) is 14.8 Å². The number of fused-ring (bicyclic) bond motifs is 1. The van der Waals surface area contributed by atoms with E-state index in [0.717, 1.165) is 35.9 Å². The zero-order chi connectivity index (χ0) is 19.3. The zero-order valence-electron chi connectivity index (χ0n) is 15.4. The maximum atomic E-state index is 13.0. The first-order valence-corrected chi connectivity index (χ1v) is 10.6. The Morgan fingerprint density at radius 3 is 2.67 bits per heavy atom. The normalized spacial score (nSPS) is 14.5. The minimum absolute atomic E-state index is 0.163. The predicted molar refractivity (Wildman–Crippen MR) is 103 cm³/mol. The van der Waals surface area contributed by atoms with E-state index >= 15 is 0 Å². The highest BCUT2D eigenvalue weighted by Gasteiger charge is 2.28. The second-order valence-corrected chi connectivity index (χ2v) is 9.05. The van der Waals surface area contributed by atoms with Crippen LogP contribution >= 0.6 is 0 Å². The largest absolute Gasteiger partial charge is 0.322 e. The number of rotatable bonds is 4. The van der Waals surface area contributed by atoms with E-state index in [9.17, 15) is 13.2 Å². The number of nitrogens with one attached hydrogen (secondary N) is 1. The lowest BCUT2D eigenvalue weighted by atomic mass is 10.1. The standard InChI is InChI=1S/C19H20N4O3S/c1-11-17-15(10-16(12-7-8-12)21-18(17)23(2)22-11)19(24)20-13-5-4-6-14(9-13)27(3,25)26/h4-6,9-10,12H,7-8H2,1-3H3,(H,20,24). The van der Waals surface area contributed by atoms with E-state index in [-0.39, 0.29) is 10.8 Å². The third kappa shape index (κ3) is 3.32. The van der Waals surface area contributed by atoms with E-state index in [2.05, 4.69) is 10.4 Å². The number of carbonyl (C=O) groups excluding carboxylic acids is 1. The van der Waals surface area contributed by atoms with Crippen LogP contribution in [0.2, 0.25) is 0 Å². The van der Waals surface area contributed by atoms with Gasteiger partial charge >= 0.3 is 0 Å². The van der Waals surface area contributed by atoms with Gasteiger partial charge in [-0.2, -0.15) is 5.10 Å². The Balaban J connectivity index is 1.77. The van der Waals surface area contributed by atoms with Gasteiger partial charge in [0.05, 0.1) is 21.5 Å². The number of hydrogen-bond acceptors (Lipinski definition) is 5. The minimum Gasteiger partial charge on any atom is -0.322 e. The van der Waals surface area contributed by atoms with Gasteiger partial charge in [0.25, 0.3) is 5.91 Å². The SMILES string of the molecule is Cc1nn(C)c2nc(C3CC3)cc(C(=O)Nc3cccc(S(C)(=O)=O)c3)c12. The number of carbonyl (C=O) groups is 1. The van der Waals surface area contributed by atoms with Gasteiger partial charge in [0, 0.05) is 30.6 Å². The van der Waals surface area contributed by atoms with Crippen molar-refractivity contribution in [3.8, 4) is 0 Å². The molecule has 27 heavy (non-hydrogen) atoms. The molecule has 1 fully saturated rings. The molecular weight excluding hydrogens is 364 g/mol. The van der Waals surface area contributed by atoms with Gasteiger partial charge in [0.2, 0.25) is 0 Å². The molecule has 0 saturated heterocycles. The molecule has 1 aliphatic rings. The number of aromatic nitrogens is 3. The lowest BCUT2D eigenvalue weighted by Crippen LogP contribution is -2.14. The summed E-state index contributed by atoms with van der Waals surface area (Å²) in [5.41, 5.74) is 3.27. The summed E-state index contributed by atoms with van der Waals surface area (Å²) in [6, 6.07) is 8.09. The lowest BCUT2D eigenvalue weighted by molar-refractivity contribution is 0.102. The second-order valence-electron chi connectivity index (χ2n) is 7.03. The summed E-state index contributed by atoms with van der Waals surface area (Å²) < 4.78 is 25.2. The van der Waals surface area contributed by atoms with Gasteiger partial charge in [-0.05, 0) is 44.0 Å². The average Bonchev–Trinajstić information content (AvgIpc) is 3.41. The third-order valence-electron chi connectivity index (χ3n) is 4.75. The molecule has 1 saturated carbocycles. The Labute approximate surface area is 157 Å². The van der Waals surface area contributed by atoms with Crippen LogP contribution in [0.5, 0.6) is 0 Å². The van der Waals surface area contributed by atoms with E-state index < -0.39 is 9.84 Å². The van der Waals surface area contributed by atoms with Crippen LogP contribution in [-0.4, -0.2) is 35.3 Å². The zero-order valence-corrected chi connectivity index (χ0v) is 16.2. The van der Waals surface area contributed by atoms with Gasteiger partial charge in [-0.3, -0.25) is 9.48 Å². The fraction of sp³-hybridized carbons (Fsp3) is 0.316. The van der Waals surface area contributed by atoms with Crippen molar-refractivity contribution in [2.75, 3.05) is 11.6 Å². The molecule has 2 heterocycles. The summed E-state index contributed by atoms with van der Waals surface area (Å²) >= 11 is 0. The quantitative estimate of drug-likeness (QED) is 0.746. The van der Waals surface area contributed by atoms with Crippen molar-refractivity contribution in [3.05, 3.63) is 47.3 Å². The summed E-state index contributed by atoms with van der Waals surface area (Å²) in [6.45, 7) is 1.85. The molecule has 2 aromatic heterocycles. The van der Waals surface area contributed by atoms with Crippen LogP contribution in [0, 0.1) is 6.92 Å². The van der Waals surface area contributed by atoms with Crippen molar-refractivity contribution in [2.24, 2.45) is 7.05 Å². The number of aryl methyl sites for hydroxylation is 2. The highest BCUT2D eigenvalue weighted by molar-refractivity contribution is 7.90. The average molecular weight is 384 g/mol. The molecule has 0 atom stereocenters. The van der Waals surface area contributed by atoms with Crippen LogP contribution in [-0.2, 0) is 16.9 Å². The first-order valence-electron chi connectivity index (χ1n) is 8.70. The third-order valence-corrected chi connectivity index (χ3v) is 5.86. The maximum Gasteiger partial charge on any atom is 0.256 e. The van der Waals surface area contributed by atoms with Crippen LogP contribution in [0.15, 0.2) is 35.2 Å². The molecule has 1 aliphatic carbocycles. The molecule has 0 bridgehead atoms. The molecule has 0 aliphatic heterocycles. The van der Waals surface area contributed by atoms with E-state index in [4.69, 9.17) is 4.98 Å². The second kappa shape index (κ2) is 6.16. The van der Waals surface area contributed by atoms with Crippen LogP contribution < -0.4 is 5.32 Å². The minimum atomic E-state index is -3.35. The van der Waals surface area contributed by atoms with Crippen molar-refractivity contribution >= 4 is 32.5 Å². The molecule has 1 amide bonds. The molecular formula is C19H20N4O3S. The summed E-state index contributed by atoms with van der Waals surface area (Å²) in [5.74, 6) is 0.0933. The number of hydrogen-bond donors (Lipinski definition) is 1. The van der Waals surface area contributed by atoms with Crippen LogP contribution in [0.25, 0.3) is 11.0 Å². The molecule has 7 nitrogen and oxygen atoms in total. The topological polar surface area (TPSA) is 93.9 Å². The number of nitrogens with zero attached hydrogens (tertiary/aromatic N) is 3. The van der Waals surface area contributed by atoms with Crippen LogP contribution in [0.1, 0.15) is 40.5 Å². The Morgan fingerprint density at radius 1 is 1.26 bits per heavy atom. The molecule has 0 unspecified atom stereocenters. The monoisotopic (exact) mass is 384 g/mol. The van der Waals surface area contributed by atoms with Gasteiger partial charge in [-0.25, -0.2) is 13.4 Å². The Kier molecular flexibility index (Phi) is 4.03. The molecule has 4 rings (SSSR count). The van der Waals surface area contributed by atoms with Gasteiger partial charge in [0.15, 0.2) is 15.5 Å². The summed E-state index contributed by atoms with van der Waals surface area (Å²) in [4.78, 5) is 17.9. The number of benzene rings is 1. The van der Waals surface area contributed by atoms with Gasteiger partial charge in [0.1, 0.15) is 0 Å². The maximum absolute atomic E-state index is 13.0. The van der Waals surface area contributed by atoms with Crippen molar-refractivity contribution < 1.29 is 13.2 Å². The number of amides is 1. The fourth-order valence-electron chi connectivity index (χ4n) is 3.23. The Morgan fingerprint density at radius 2 is 2.00 bits per heavy atom. The smallest absolute Gasteiger partial charge is 0.256 e. The molecule has 0 spiro atoms. The van der Waals surface area contributed by atoms with E-state index in [0.29, 0.717) is 22.8 Å². The summed E-state index contributed by atoms with van der Waals surface area (Å²) in [7, 11) is -1.53. The molecule has 1 aromatic carbocycles. The van der Waals surface area contributed by atoms with Crippen LogP contribution in [0.4, 0.5) is 5.69 Å². The fourth-order valence-corrected chi connectivity index (χ4v) is 3.90. The first kappa shape index (κ1) is 17.7. The highest BCUT2D eigenvalue weighted by Crippen LogP contribution is 2.40. The highest BCUT2D eigenvalue weighted by atomic mass is 32.2. The van der Waals surface area contributed by atoms with Crippen molar-refractivity contribution in [3.63, 3.8) is 0 Å². The molecule has 1 N–H and O–H groups in total. The van der Waals surface area contributed by atoms with Crippen molar-refractivity contribution in [2.45, 2.75) is 30.6 Å². The molecule has 140 valence electrons. The summed E-state index contributed by atoms with van der Waals surface area (Å²) in [6.07, 6.45) is 3.29. The Bertz CT molecular complexity index is 1180. The summed E-state index contributed by atoms with van der Waals surface area (Å²) in [5, 5.41) is 7.94. The Hall–Kier alpha value is -2.74. The van der Waals surface area contributed by atoms with E-state index in [1.165, 1.54) is 12.1 Å². The van der Waals surface area contributed by atoms with Crippen LogP contribution in [0.3, 0.4) is 0 Å². The van der Waals surface area contributed by atoms with Gasteiger partial charge < -0.3 is 5.32 Å².